The van der Waals surface area contributed by atoms with E-state index in [-0.39, 0.29) is 29.9 Å². The van der Waals surface area contributed by atoms with Crippen LogP contribution in [-0.4, -0.2) is 59.0 Å². The summed E-state index contributed by atoms with van der Waals surface area (Å²) in [4.78, 5) is 52.7. The first-order valence-electron chi connectivity index (χ1n) is 11.4. The van der Waals surface area contributed by atoms with Crippen molar-refractivity contribution >= 4 is 46.5 Å². The molecule has 4 rings (SSSR count). The molecule has 0 unspecified atom stereocenters. The number of anilines is 1. The third-order valence-corrected chi connectivity index (χ3v) is 6.71. The topological polar surface area (TPSA) is 96.0 Å². The SMILES string of the molecule is Cc1ccc(NC(=O)COc2cccc(/C=C3\SC(=O)N(CC(=O)N4CCCC4)C3=O)c2)c(C)c1. The number of carbonyl (C=O) groups is 4. The summed E-state index contributed by atoms with van der Waals surface area (Å²) >= 11 is 0.812. The Labute approximate surface area is 208 Å². The van der Waals surface area contributed by atoms with Crippen LogP contribution in [0.2, 0.25) is 0 Å². The monoisotopic (exact) mass is 493 g/mol. The van der Waals surface area contributed by atoms with Gasteiger partial charge in [-0.05, 0) is 73.9 Å². The maximum absolute atomic E-state index is 12.8. The molecule has 35 heavy (non-hydrogen) atoms. The summed E-state index contributed by atoms with van der Waals surface area (Å²) in [5.41, 5.74) is 3.46. The standard InChI is InChI=1S/C26H27N3O5S/c1-17-8-9-21(18(2)12-17)27-23(30)16-34-20-7-5-6-19(13-20)14-22-25(32)29(26(33)35-22)15-24(31)28-10-3-4-11-28/h5-9,12-14H,3-4,10-11,15-16H2,1-2H3,(H,27,30)/b22-14-. The summed E-state index contributed by atoms with van der Waals surface area (Å²) < 4.78 is 5.63. The van der Waals surface area contributed by atoms with Gasteiger partial charge in [-0.1, -0.05) is 29.8 Å². The minimum Gasteiger partial charge on any atom is -0.484 e. The molecule has 0 spiro atoms. The fourth-order valence-electron chi connectivity index (χ4n) is 3.97. The second kappa shape index (κ2) is 10.8. The lowest BCUT2D eigenvalue weighted by Crippen LogP contribution is -2.40. The number of hydrogen-bond donors (Lipinski definition) is 1. The van der Waals surface area contributed by atoms with Crippen molar-refractivity contribution < 1.29 is 23.9 Å². The number of rotatable bonds is 7. The molecule has 2 aliphatic rings. The Balaban J connectivity index is 1.36. The van der Waals surface area contributed by atoms with Crippen LogP contribution in [-0.2, 0) is 14.4 Å². The highest BCUT2D eigenvalue weighted by Gasteiger charge is 2.37. The quantitative estimate of drug-likeness (QED) is 0.586. The van der Waals surface area contributed by atoms with E-state index in [0.29, 0.717) is 24.4 Å². The zero-order valence-corrected chi connectivity index (χ0v) is 20.5. The number of carbonyl (C=O) groups excluding carboxylic acids is 4. The Morgan fingerprint density at radius 3 is 2.60 bits per heavy atom. The molecular formula is C26H27N3O5S. The predicted molar refractivity (Wildman–Crippen MR) is 135 cm³/mol. The third kappa shape index (κ3) is 6.10. The van der Waals surface area contributed by atoms with E-state index in [2.05, 4.69) is 5.32 Å². The Morgan fingerprint density at radius 1 is 1.09 bits per heavy atom. The predicted octanol–water partition coefficient (Wildman–Crippen LogP) is 3.98. The number of benzene rings is 2. The smallest absolute Gasteiger partial charge is 0.294 e. The molecule has 0 saturated carbocycles. The molecule has 0 bridgehead atoms. The van der Waals surface area contributed by atoms with Crippen LogP contribution in [0.1, 0.15) is 29.5 Å². The van der Waals surface area contributed by atoms with E-state index in [1.165, 1.54) is 0 Å². The molecule has 2 heterocycles. The number of amides is 4. The van der Waals surface area contributed by atoms with Crippen molar-refractivity contribution in [3.8, 4) is 5.75 Å². The Bertz CT molecular complexity index is 1200. The summed E-state index contributed by atoms with van der Waals surface area (Å²) in [5.74, 6) is -0.517. The number of thioether (sulfide) groups is 1. The van der Waals surface area contributed by atoms with Crippen LogP contribution >= 0.6 is 11.8 Å². The number of likely N-dealkylation sites (tertiary alicyclic amines) is 1. The van der Waals surface area contributed by atoms with Crippen molar-refractivity contribution in [3.05, 3.63) is 64.1 Å². The van der Waals surface area contributed by atoms with E-state index < -0.39 is 11.1 Å². The molecule has 2 saturated heterocycles. The van der Waals surface area contributed by atoms with Crippen molar-refractivity contribution in [1.29, 1.82) is 0 Å². The van der Waals surface area contributed by atoms with Gasteiger partial charge in [0.25, 0.3) is 17.1 Å². The van der Waals surface area contributed by atoms with Crippen LogP contribution in [0.15, 0.2) is 47.4 Å². The van der Waals surface area contributed by atoms with Gasteiger partial charge in [-0.2, -0.15) is 0 Å². The Morgan fingerprint density at radius 2 is 1.86 bits per heavy atom. The van der Waals surface area contributed by atoms with E-state index in [4.69, 9.17) is 4.74 Å². The van der Waals surface area contributed by atoms with Crippen molar-refractivity contribution in [2.75, 3.05) is 31.6 Å². The van der Waals surface area contributed by atoms with Gasteiger partial charge >= 0.3 is 0 Å². The number of nitrogens with zero attached hydrogens (tertiary/aromatic N) is 2. The normalized spacial score (nSPS) is 16.8. The van der Waals surface area contributed by atoms with Gasteiger partial charge in [0, 0.05) is 18.8 Å². The average molecular weight is 494 g/mol. The van der Waals surface area contributed by atoms with Gasteiger partial charge in [-0.3, -0.25) is 24.1 Å². The molecule has 2 aromatic rings. The first-order chi connectivity index (χ1) is 16.8. The van der Waals surface area contributed by atoms with Gasteiger partial charge in [0.1, 0.15) is 12.3 Å². The summed E-state index contributed by atoms with van der Waals surface area (Å²) in [7, 11) is 0. The zero-order chi connectivity index (χ0) is 24.9. The highest BCUT2D eigenvalue weighted by atomic mass is 32.2. The van der Waals surface area contributed by atoms with Crippen LogP contribution < -0.4 is 10.1 Å². The molecule has 2 fully saturated rings. The van der Waals surface area contributed by atoms with E-state index in [9.17, 15) is 19.2 Å². The van der Waals surface area contributed by atoms with Crippen LogP contribution in [0.4, 0.5) is 10.5 Å². The molecule has 0 aliphatic carbocycles. The lowest BCUT2D eigenvalue weighted by atomic mass is 10.1. The fraction of sp³-hybridized carbons (Fsp3) is 0.308. The second-order valence-corrected chi connectivity index (χ2v) is 9.58. The van der Waals surface area contributed by atoms with Crippen LogP contribution in [0.5, 0.6) is 5.75 Å². The zero-order valence-electron chi connectivity index (χ0n) is 19.7. The number of hydrogen-bond acceptors (Lipinski definition) is 6. The van der Waals surface area contributed by atoms with Crippen LogP contribution in [0, 0.1) is 13.8 Å². The largest absolute Gasteiger partial charge is 0.484 e. The van der Waals surface area contributed by atoms with Crippen molar-refractivity contribution in [2.45, 2.75) is 26.7 Å². The van der Waals surface area contributed by atoms with Gasteiger partial charge in [0.2, 0.25) is 5.91 Å². The number of imide groups is 1. The number of ether oxygens (including phenoxy) is 1. The van der Waals surface area contributed by atoms with E-state index in [0.717, 1.165) is 46.3 Å². The maximum Gasteiger partial charge on any atom is 0.294 e. The first-order valence-corrected chi connectivity index (χ1v) is 12.2. The van der Waals surface area contributed by atoms with Crippen LogP contribution in [0.3, 0.4) is 0 Å². The molecule has 2 aromatic carbocycles. The average Bonchev–Trinajstić information content (AvgIpc) is 3.45. The maximum atomic E-state index is 12.8. The summed E-state index contributed by atoms with van der Waals surface area (Å²) in [6, 6.07) is 12.7. The van der Waals surface area contributed by atoms with Gasteiger partial charge in [0.15, 0.2) is 6.61 Å². The molecule has 0 atom stereocenters. The molecule has 9 heteroatoms. The summed E-state index contributed by atoms with van der Waals surface area (Å²) in [5, 5.41) is 2.38. The molecule has 2 aliphatic heterocycles. The van der Waals surface area contributed by atoms with E-state index in [1.807, 2.05) is 32.0 Å². The molecule has 0 radical (unpaired) electrons. The van der Waals surface area contributed by atoms with Crippen LogP contribution in [0.25, 0.3) is 6.08 Å². The first kappa shape index (κ1) is 24.5. The van der Waals surface area contributed by atoms with Crippen molar-refractivity contribution in [3.63, 3.8) is 0 Å². The van der Waals surface area contributed by atoms with Gasteiger partial charge < -0.3 is 15.0 Å². The van der Waals surface area contributed by atoms with E-state index >= 15 is 0 Å². The molecule has 1 N–H and O–H groups in total. The lowest BCUT2D eigenvalue weighted by Gasteiger charge is -2.18. The van der Waals surface area contributed by atoms with Gasteiger partial charge in [-0.25, -0.2) is 0 Å². The minimum absolute atomic E-state index is 0.175. The molecule has 182 valence electrons. The molecule has 8 nitrogen and oxygen atoms in total. The lowest BCUT2D eigenvalue weighted by molar-refractivity contribution is -0.135. The highest BCUT2D eigenvalue weighted by Crippen LogP contribution is 2.32. The van der Waals surface area contributed by atoms with Crippen molar-refractivity contribution in [1.82, 2.24) is 9.80 Å². The van der Waals surface area contributed by atoms with Gasteiger partial charge in [-0.15, -0.1) is 0 Å². The molecule has 0 aromatic heterocycles. The summed E-state index contributed by atoms with van der Waals surface area (Å²) in [6.45, 7) is 4.84. The number of aryl methyl sites for hydroxylation is 2. The minimum atomic E-state index is -0.480. The van der Waals surface area contributed by atoms with Gasteiger partial charge in [0.05, 0.1) is 4.91 Å². The number of nitrogens with one attached hydrogen (secondary N) is 1. The van der Waals surface area contributed by atoms with Crippen molar-refractivity contribution in [2.24, 2.45) is 0 Å². The second-order valence-electron chi connectivity index (χ2n) is 8.58. The summed E-state index contributed by atoms with van der Waals surface area (Å²) in [6.07, 6.45) is 3.48. The molecular weight excluding hydrogens is 466 g/mol. The fourth-order valence-corrected chi connectivity index (χ4v) is 4.81. The highest BCUT2D eigenvalue weighted by molar-refractivity contribution is 8.18. The Kier molecular flexibility index (Phi) is 7.55. The van der Waals surface area contributed by atoms with E-state index in [1.54, 1.807) is 35.2 Å². The third-order valence-electron chi connectivity index (χ3n) is 5.81. The Hall–Kier alpha value is -3.59. The molecule has 4 amide bonds.